The van der Waals surface area contributed by atoms with Crippen molar-refractivity contribution in [3.63, 3.8) is 0 Å². The summed E-state index contributed by atoms with van der Waals surface area (Å²) in [5.41, 5.74) is 0. The molecule has 1 N–H and O–H groups in total. The molecule has 0 heterocycles. The van der Waals surface area contributed by atoms with Crippen LogP contribution in [0.25, 0.3) is 0 Å². The SMILES string of the molecule is CC/C=C\C/C=C\C/C=C\C/C=C\C/C=C\CCCCCCCCCCCCCCCC(=O)OC(COC(=O)CCCCCCCCCCCCCCCCCCCCCCCCCCCCCC/C=C\C/C=C\C/C=C\C/C=C\CC)COP(=O)(O)OCC[N+](C)(C)C. The standard InChI is InChI=1S/C84H150NO8P/c1-6-8-10-12-14-16-18-20-22-24-26-28-30-32-34-36-37-38-39-40-41-42-43-44-45-46-47-49-50-52-54-56-58-60-62-64-66-68-70-72-74-76-83(86)90-80-82(81-92-94(88,89)91-79-78-85(3,4)5)93-84(87)77-75-73-71-69-67-65-63-61-59-57-55-53-51-48-35-33-31-29-27-25-23-21-19-17-15-13-11-9-7-2/h8-11,14-17,20-23,26-29,33,35,82H,6-7,12-13,18-19,24-25,30-32,34,36-81H2,1-5H3/p+1/b10-8-,11-9-,16-14-,17-15-,22-20-,23-21-,28-26-,29-27-,35-33-. The lowest BCUT2D eigenvalue weighted by Gasteiger charge is -2.24. The third kappa shape index (κ3) is 77.7. The second kappa shape index (κ2) is 73.9. The summed E-state index contributed by atoms with van der Waals surface area (Å²) in [6.45, 7) is 4.25. The van der Waals surface area contributed by atoms with Crippen molar-refractivity contribution in [3.05, 3.63) is 109 Å². The summed E-state index contributed by atoms with van der Waals surface area (Å²) in [6.07, 6.45) is 105. The molecule has 0 aliphatic carbocycles. The van der Waals surface area contributed by atoms with Gasteiger partial charge in [-0.15, -0.1) is 0 Å². The number of unbranched alkanes of at least 4 members (excludes halogenated alkanes) is 41. The number of ether oxygens (including phenoxy) is 2. The van der Waals surface area contributed by atoms with Crippen molar-refractivity contribution < 1.29 is 42.1 Å². The number of phosphoric acid groups is 1. The molecule has 0 aliphatic rings. The summed E-state index contributed by atoms with van der Waals surface area (Å²) >= 11 is 0. The first-order valence-electron chi connectivity index (χ1n) is 39.6. The Labute approximate surface area is 582 Å². The minimum absolute atomic E-state index is 0.0302. The van der Waals surface area contributed by atoms with Crippen molar-refractivity contribution in [2.45, 2.75) is 367 Å². The third-order valence-corrected chi connectivity index (χ3v) is 18.3. The van der Waals surface area contributed by atoms with Crippen LogP contribution in [0.2, 0.25) is 0 Å². The number of hydrogen-bond acceptors (Lipinski definition) is 7. The van der Waals surface area contributed by atoms with Gasteiger partial charge in [0.15, 0.2) is 6.10 Å². The fourth-order valence-corrected chi connectivity index (χ4v) is 12.1. The fourth-order valence-electron chi connectivity index (χ4n) is 11.3. The molecule has 0 saturated heterocycles. The first-order valence-corrected chi connectivity index (χ1v) is 41.1. The van der Waals surface area contributed by atoms with E-state index in [2.05, 4.69) is 123 Å². The van der Waals surface area contributed by atoms with Gasteiger partial charge in [0, 0.05) is 12.8 Å². The minimum Gasteiger partial charge on any atom is -0.462 e. The summed E-state index contributed by atoms with van der Waals surface area (Å²) < 4.78 is 34.8. The maximum absolute atomic E-state index is 12.9. The van der Waals surface area contributed by atoms with Crippen molar-refractivity contribution >= 4 is 19.8 Å². The fraction of sp³-hybridized carbons (Fsp3) is 0.762. The highest BCUT2D eigenvalue weighted by Gasteiger charge is 2.27. The average molecular weight is 1330 g/mol. The summed E-state index contributed by atoms with van der Waals surface area (Å²) in [5.74, 6) is -0.785. The lowest BCUT2D eigenvalue weighted by Crippen LogP contribution is -2.37. The number of nitrogens with zero attached hydrogens (tertiary/aromatic N) is 1. The van der Waals surface area contributed by atoms with E-state index in [4.69, 9.17) is 18.5 Å². The van der Waals surface area contributed by atoms with Crippen molar-refractivity contribution in [1.29, 1.82) is 0 Å². The van der Waals surface area contributed by atoms with E-state index in [-0.39, 0.29) is 32.0 Å². The van der Waals surface area contributed by atoms with Crippen LogP contribution in [0.4, 0.5) is 0 Å². The molecule has 9 nitrogen and oxygen atoms in total. The Morgan fingerprint density at radius 3 is 0.851 bits per heavy atom. The molecule has 0 aromatic rings. The predicted octanol–water partition coefficient (Wildman–Crippen LogP) is 26.4. The Morgan fingerprint density at radius 1 is 0.330 bits per heavy atom. The van der Waals surface area contributed by atoms with Crippen LogP contribution in [-0.4, -0.2) is 74.9 Å². The Hall–Kier alpha value is -3.33. The zero-order chi connectivity index (χ0) is 68.3. The van der Waals surface area contributed by atoms with E-state index in [1.165, 1.54) is 231 Å². The number of phosphoric ester groups is 1. The first kappa shape index (κ1) is 90.7. The van der Waals surface area contributed by atoms with E-state index in [0.29, 0.717) is 17.4 Å². The summed E-state index contributed by atoms with van der Waals surface area (Å²) in [7, 11) is 1.48. The van der Waals surface area contributed by atoms with E-state index in [1.807, 2.05) is 21.1 Å². The molecule has 0 aliphatic heterocycles. The van der Waals surface area contributed by atoms with Crippen LogP contribution >= 0.6 is 7.82 Å². The summed E-state index contributed by atoms with van der Waals surface area (Å²) in [5, 5.41) is 0. The molecule has 10 heteroatoms. The molecule has 0 rings (SSSR count). The van der Waals surface area contributed by atoms with Crippen LogP contribution in [0, 0.1) is 0 Å². The largest absolute Gasteiger partial charge is 0.472 e. The molecule has 0 bridgehead atoms. The number of hydrogen-bond donors (Lipinski definition) is 1. The van der Waals surface area contributed by atoms with E-state index < -0.39 is 26.5 Å². The molecule has 2 atom stereocenters. The van der Waals surface area contributed by atoms with Gasteiger partial charge < -0.3 is 18.9 Å². The molecule has 0 fully saturated rings. The monoisotopic (exact) mass is 1330 g/mol. The second-order valence-electron chi connectivity index (χ2n) is 27.7. The highest BCUT2D eigenvalue weighted by molar-refractivity contribution is 7.47. The molecule has 94 heavy (non-hydrogen) atoms. The Balaban J connectivity index is 3.91. The number of carbonyl (C=O) groups excluding carboxylic acids is 2. The average Bonchev–Trinajstić information content (AvgIpc) is 1.65. The molecule has 0 aromatic heterocycles. The molecule has 0 spiro atoms. The molecule has 2 unspecified atom stereocenters. The van der Waals surface area contributed by atoms with Crippen LogP contribution < -0.4 is 0 Å². The highest BCUT2D eigenvalue weighted by Crippen LogP contribution is 2.43. The van der Waals surface area contributed by atoms with E-state index in [0.717, 1.165) is 96.3 Å². The quantitative estimate of drug-likeness (QED) is 0.0211. The van der Waals surface area contributed by atoms with Gasteiger partial charge in [0.05, 0.1) is 27.7 Å². The van der Waals surface area contributed by atoms with Gasteiger partial charge in [0.2, 0.25) is 0 Å². The van der Waals surface area contributed by atoms with Crippen molar-refractivity contribution in [1.82, 2.24) is 0 Å². The topological polar surface area (TPSA) is 108 Å². The number of rotatable bonds is 73. The molecule has 0 radical (unpaired) electrons. The van der Waals surface area contributed by atoms with E-state index in [1.54, 1.807) is 0 Å². The number of likely N-dealkylation sites (N-methyl/N-ethyl adjacent to an activating group) is 1. The number of allylic oxidation sites excluding steroid dienone is 18. The van der Waals surface area contributed by atoms with Crippen LogP contribution in [0.3, 0.4) is 0 Å². The molecular weight excluding hydrogens is 1180 g/mol. The Bertz CT molecular complexity index is 1960. The van der Waals surface area contributed by atoms with Crippen molar-refractivity contribution in [2.75, 3.05) is 47.5 Å². The molecule has 0 amide bonds. The third-order valence-electron chi connectivity index (χ3n) is 17.3. The van der Waals surface area contributed by atoms with Gasteiger partial charge in [-0.2, -0.15) is 0 Å². The van der Waals surface area contributed by atoms with E-state index in [9.17, 15) is 19.0 Å². The summed E-state index contributed by atoms with van der Waals surface area (Å²) in [4.78, 5) is 36.0. The molecule has 0 aromatic carbocycles. The summed E-state index contributed by atoms with van der Waals surface area (Å²) in [6, 6.07) is 0. The first-order chi connectivity index (χ1) is 46.0. The van der Waals surface area contributed by atoms with Crippen LogP contribution in [0.1, 0.15) is 361 Å². The molecular formula is C84H151NO8P+. The van der Waals surface area contributed by atoms with Gasteiger partial charge in [0.25, 0.3) is 0 Å². The zero-order valence-electron chi connectivity index (χ0n) is 62.2. The second-order valence-corrected chi connectivity index (χ2v) is 29.1. The lowest BCUT2D eigenvalue weighted by atomic mass is 10.0. The normalized spacial score (nSPS) is 13.6. The van der Waals surface area contributed by atoms with Gasteiger partial charge in [-0.3, -0.25) is 18.6 Å². The Morgan fingerprint density at radius 2 is 0.574 bits per heavy atom. The van der Waals surface area contributed by atoms with Crippen LogP contribution in [-0.2, 0) is 32.7 Å². The highest BCUT2D eigenvalue weighted by atomic mass is 31.2. The zero-order valence-corrected chi connectivity index (χ0v) is 63.1. The minimum atomic E-state index is -4.40. The maximum Gasteiger partial charge on any atom is 0.472 e. The maximum atomic E-state index is 12.9. The smallest absolute Gasteiger partial charge is 0.462 e. The van der Waals surface area contributed by atoms with Gasteiger partial charge in [-0.1, -0.05) is 361 Å². The predicted molar refractivity (Wildman–Crippen MR) is 408 cm³/mol. The van der Waals surface area contributed by atoms with Gasteiger partial charge >= 0.3 is 19.8 Å². The lowest BCUT2D eigenvalue weighted by molar-refractivity contribution is -0.870. The Kier molecular flexibility index (Phi) is 71.3. The molecule has 544 valence electrons. The van der Waals surface area contributed by atoms with Crippen molar-refractivity contribution in [2.24, 2.45) is 0 Å². The van der Waals surface area contributed by atoms with E-state index >= 15 is 0 Å². The van der Waals surface area contributed by atoms with Crippen LogP contribution in [0.15, 0.2) is 109 Å². The van der Waals surface area contributed by atoms with Crippen molar-refractivity contribution in [3.8, 4) is 0 Å². The number of esters is 2. The van der Waals surface area contributed by atoms with Gasteiger partial charge in [-0.25, -0.2) is 4.57 Å². The molecule has 0 saturated carbocycles. The van der Waals surface area contributed by atoms with Gasteiger partial charge in [0.1, 0.15) is 19.8 Å². The number of quaternary nitrogens is 1. The van der Waals surface area contributed by atoms with Crippen LogP contribution in [0.5, 0.6) is 0 Å². The van der Waals surface area contributed by atoms with Gasteiger partial charge in [-0.05, 0) is 96.3 Å². The number of carbonyl (C=O) groups is 2.